The first kappa shape index (κ1) is 35.0. The molecule has 4 aliphatic rings. The number of para-hydroxylation sites is 3. The van der Waals surface area contributed by atoms with Gasteiger partial charge < -0.3 is 9.80 Å². The first-order chi connectivity index (χ1) is 29.3. The average Bonchev–Trinajstić information content (AvgIpc) is 3.63. The van der Waals surface area contributed by atoms with E-state index in [1.54, 1.807) is 0 Å². The summed E-state index contributed by atoms with van der Waals surface area (Å²) in [5, 5.41) is 0. The third-order valence-corrected chi connectivity index (χ3v) is 12.7. The topological polar surface area (TPSA) is 6.48 Å². The molecule has 4 aliphatic carbocycles. The molecule has 0 N–H and O–H groups in total. The van der Waals surface area contributed by atoms with E-state index in [0.717, 1.165) is 29.9 Å². The molecule has 2 unspecified atom stereocenters. The van der Waals surface area contributed by atoms with E-state index in [-0.39, 0.29) is 11.8 Å². The fourth-order valence-electron chi connectivity index (χ4n) is 10.3. The minimum Gasteiger partial charge on any atom is -0.311 e. The first-order valence-corrected chi connectivity index (χ1v) is 20.9. The van der Waals surface area contributed by atoms with Crippen molar-refractivity contribution in [2.75, 3.05) is 9.80 Å². The number of hydrogen-bond acceptors (Lipinski definition) is 2. The SMILES string of the molecule is C1=CC2C3=C(c4ccc(N(C5=CCCC=C5)c5ccccc5)cc4C2C=C1)C(c1ccccc1)(c1ccccc1)c1cc(N(c2ccccc2)c2ccccc2)ccc13. The quantitative estimate of drug-likeness (QED) is 0.152. The highest BCUT2D eigenvalue weighted by molar-refractivity contribution is 6.10. The van der Waals surface area contributed by atoms with E-state index >= 15 is 0 Å². The number of nitrogens with zero attached hydrogens (tertiary/aromatic N) is 2. The molecule has 11 rings (SSSR count). The molecule has 2 nitrogen and oxygen atoms in total. The number of allylic oxidation sites excluding steroid dienone is 9. The van der Waals surface area contributed by atoms with E-state index < -0.39 is 5.41 Å². The van der Waals surface area contributed by atoms with Gasteiger partial charge in [-0.3, -0.25) is 0 Å². The summed E-state index contributed by atoms with van der Waals surface area (Å²) in [5.74, 6) is 0.345. The largest absolute Gasteiger partial charge is 0.311 e. The summed E-state index contributed by atoms with van der Waals surface area (Å²) in [6.45, 7) is 0. The first-order valence-electron chi connectivity index (χ1n) is 20.9. The molecule has 0 amide bonds. The fraction of sp³-hybridized carbons (Fsp3) is 0.0877. The Morgan fingerprint density at radius 3 is 1.51 bits per heavy atom. The van der Waals surface area contributed by atoms with Crippen molar-refractivity contribution >= 4 is 39.6 Å². The van der Waals surface area contributed by atoms with Gasteiger partial charge in [-0.25, -0.2) is 0 Å². The maximum absolute atomic E-state index is 2.50. The molecule has 2 heteroatoms. The second-order valence-electron chi connectivity index (χ2n) is 15.9. The zero-order valence-electron chi connectivity index (χ0n) is 32.9. The van der Waals surface area contributed by atoms with Crippen molar-refractivity contribution in [1.29, 1.82) is 0 Å². The maximum atomic E-state index is 2.50. The van der Waals surface area contributed by atoms with Crippen LogP contribution in [0.5, 0.6) is 0 Å². The highest BCUT2D eigenvalue weighted by Crippen LogP contribution is 2.65. The van der Waals surface area contributed by atoms with Crippen molar-refractivity contribution in [3.8, 4) is 0 Å². The van der Waals surface area contributed by atoms with Crippen LogP contribution in [0.15, 0.2) is 236 Å². The average molecular weight is 757 g/mol. The van der Waals surface area contributed by atoms with Gasteiger partial charge in [-0.15, -0.1) is 0 Å². The zero-order chi connectivity index (χ0) is 39.2. The summed E-state index contributed by atoms with van der Waals surface area (Å²) in [6, 6.07) is 69.5. The molecule has 59 heavy (non-hydrogen) atoms. The molecule has 0 aliphatic heterocycles. The van der Waals surface area contributed by atoms with Gasteiger partial charge in [-0.2, -0.15) is 0 Å². The number of rotatable bonds is 8. The molecule has 0 saturated carbocycles. The molecule has 0 saturated heterocycles. The summed E-state index contributed by atoms with van der Waals surface area (Å²) in [7, 11) is 0. The summed E-state index contributed by atoms with van der Waals surface area (Å²) in [5.41, 5.74) is 17.1. The van der Waals surface area contributed by atoms with E-state index in [2.05, 4.69) is 240 Å². The Balaban J connectivity index is 1.20. The van der Waals surface area contributed by atoms with E-state index in [1.807, 2.05) is 0 Å². The van der Waals surface area contributed by atoms with Crippen molar-refractivity contribution < 1.29 is 0 Å². The lowest BCUT2D eigenvalue weighted by atomic mass is 9.61. The van der Waals surface area contributed by atoms with Crippen LogP contribution in [0.25, 0.3) is 11.1 Å². The van der Waals surface area contributed by atoms with Crippen molar-refractivity contribution in [1.82, 2.24) is 0 Å². The lowest BCUT2D eigenvalue weighted by molar-refractivity contribution is 0.701. The molecule has 282 valence electrons. The molecule has 7 aromatic rings. The predicted octanol–water partition coefficient (Wildman–Crippen LogP) is 14.6. The van der Waals surface area contributed by atoms with Crippen LogP contribution in [0.2, 0.25) is 0 Å². The Labute approximate surface area is 347 Å². The second-order valence-corrected chi connectivity index (χ2v) is 15.9. The van der Waals surface area contributed by atoms with Crippen molar-refractivity contribution in [3.05, 3.63) is 270 Å². The van der Waals surface area contributed by atoms with Gasteiger partial charge in [0.25, 0.3) is 0 Å². The highest BCUT2D eigenvalue weighted by Gasteiger charge is 2.53. The van der Waals surface area contributed by atoms with Gasteiger partial charge in [0.05, 0.1) is 5.41 Å². The molecule has 0 fully saturated rings. The molecule has 0 radical (unpaired) electrons. The van der Waals surface area contributed by atoms with Crippen LogP contribution >= 0.6 is 0 Å². The van der Waals surface area contributed by atoms with E-state index in [9.17, 15) is 0 Å². The van der Waals surface area contributed by atoms with Gasteiger partial charge >= 0.3 is 0 Å². The molecule has 0 bridgehead atoms. The zero-order valence-corrected chi connectivity index (χ0v) is 32.9. The van der Waals surface area contributed by atoms with Crippen LogP contribution in [0, 0.1) is 5.92 Å². The van der Waals surface area contributed by atoms with Gasteiger partial charge in [0, 0.05) is 46.0 Å². The standard InChI is InChI=1S/C57H44N2/c1-7-21-41(22-8-1)57(42-23-9-2-10-24-42)54-40-48(59(45-29-15-5-16-30-45)46-31-17-6-18-32-46)36-38-52(54)55-50-34-20-19-33-49(50)53-39-47(35-37-51(53)56(55)57)58(43-25-11-3-12-26-43)44-27-13-4-14-28-44/h1-3,5-13,15-40,49-50H,4,14H2. The summed E-state index contributed by atoms with van der Waals surface area (Å²) in [4.78, 5) is 4.84. The third kappa shape index (κ3) is 5.70. The Morgan fingerprint density at radius 2 is 0.949 bits per heavy atom. The minimum absolute atomic E-state index is 0.162. The van der Waals surface area contributed by atoms with Gasteiger partial charge in [0.2, 0.25) is 0 Å². The molecule has 0 aromatic heterocycles. The van der Waals surface area contributed by atoms with Crippen molar-refractivity contribution in [2.24, 2.45) is 5.92 Å². The summed E-state index contributed by atoms with van der Waals surface area (Å²) in [6.07, 6.45) is 18.5. The van der Waals surface area contributed by atoms with E-state index in [4.69, 9.17) is 0 Å². The van der Waals surface area contributed by atoms with Crippen LogP contribution in [0.4, 0.5) is 28.4 Å². The summed E-state index contributed by atoms with van der Waals surface area (Å²) < 4.78 is 0. The van der Waals surface area contributed by atoms with Crippen LogP contribution in [-0.4, -0.2) is 0 Å². The van der Waals surface area contributed by atoms with Gasteiger partial charge in [-0.05, 0) is 124 Å². The van der Waals surface area contributed by atoms with Crippen LogP contribution in [0.1, 0.15) is 52.1 Å². The Bertz CT molecular complexity index is 2730. The van der Waals surface area contributed by atoms with Crippen molar-refractivity contribution in [2.45, 2.75) is 24.2 Å². The Morgan fingerprint density at radius 1 is 0.441 bits per heavy atom. The van der Waals surface area contributed by atoms with Gasteiger partial charge in [-0.1, -0.05) is 164 Å². The van der Waals surface area contributed by atoms with Crippen LogP contribution in [-0.2, 0) is 5.41 Å². The summed E-state index contributed by atoms with van der Waals surface area (Å²) >= 11 is 0. The Hall–Kier alpha value is -7.16. The van der Waals surface area contributed by atoms with Gasteiger partial charge in [0.1, 0.15) is 0 Å². The lowest BCUT2D eigenvalue weighted by Crippen LogP contribution is -2.31. The lowest BCUT2D eigenvalue weighted by Gasteiger charge is -2.41. The number of fused-ring (bicyclic) bond motifs is 7. The molecular formula is C57H44N2. The van der Waals surface area contributed by atoms with Gasteiger partial charge in [0.15, 0.2) is 0 Å². The second kappa shape index (κ2) is 14.7. The molecule has 0 heterocycles. The molecule has 2 atom stereocenters. The molecule has 0 spiro atoms. The molecular weight excluding hydrogens is 713 g/mol. The third-order valence-electron chi connectivity index (χ3n) is 12.7. The monoisotopic (exact) mass is 756 g/mol. The maximum Gasteiger partial charge on any atom is 0.0717 e. The number of hydrogen-bond donors (Lipinski definition) is 0. The van der Waals surface area contributed by atoms with Crippen LogP contribution < -0.4 is 9.80 Å². The normalized spacial score (nSPS) is 18.0. The minimum atomic E-state index is -0.591. The van der Waals surface area contributed by atoms with Crippen molar-refractivity contribution in [3.63, 3.8) is 0 Å². The fourth-order valence-corrected chi connectivity index (χ4v) is 10.3. The molecule has 7 aromatic carbocycles. The Kier molecular flexibility index (Phi) is 8.70. The number of benzene rings is 7. The highest BCUT2D eigenvalue weighted by atomic mass is 15.1. The van der Waals surface area contributed by atoms with E-state index in [1.165, 1.54) is 61.6 Å². The van der Waals surface area contributed by atoms with E-state index in [0.29, 0.717) is 0 Å². The number of anilines is 5. The smallest absolute Gasteiger partial charge is 0.0717 e. The predicted molar refractivity (Wildman–Crippen MR) is 247 cm³/mol. The van der Waals surface area contributed by atoms with Crippen LogP contribution in [0.3, 0.4) is 0 Å².